The minimum Gasteiger partial charge on any atom is -0.372 e. The topological polar surface area (TPSA) is 50.4 Å². The van der Waals surface area contributed by atoms with Crippen molar-refractivity contribution in [1.82, 2.24) is 10.6 Å². The zero-order valence-corrected chi connectivity index (χ0v) is 11.1. The molecule has 0 aromatic heterocycles. The number of carbonyl (C=O) groups excluding carboxylic acids is 1. The standard InChI is InChI=1S/C13H26N2O2/c1-11(2)3-7-15-13(16)10-17-8-5-12-4-6-14-9-12/h11-12,14H,3-10H2,1-2H3,(H,15,16). The normalized spacial score (nSPS) is 19.8. The first-order valence-electron chi connectivity index (χ1n) is 6.73. The number of rotatable bonds is 8. The SMILES string of the molecule is CC(C)CCNC(=O)COCCC1CCNC1. The molecule has 1 heterocycles. The summed E-state index contributed by atoms with van der Waals surface area (Å²) >= 11 is 0. The molecule has 4 nitrogen and oxygen atoms in total. The van der Waals surface area contributed by atoms with Gasteiger partial charge in [-0.3, -0.25) is 4.79 Å². The maximum Gasteiger partial charge on any atom is 0.245 e. The molecule has 17 heavy (non-hydrogen) atoms. The van der Waals surface area contributed by atoms with Crippen molar-refractivity contribution in [2.45, 2.75) is 33.1 Å². The molecule has 1 fully saturated rings. The average Bonchev–Trinajstić information content (AvgIpc) is 2.76. The summed E-state index contributed by atoms with van der Waals surface area (Å²) in [5.41, 5.74) is 0. The Hall–Kier alpha value is -0.610. The van der Waals surface area contributed by atoms with Gasteiger partial charge in [0.25, 0.3) is 0 Å². The van der Waals surface area contributed by atoms with E-state index >= 15 is 0 Å². The maximum absolute atomic E-state index is 11.4. The third-order valence-corrected chi connectivity index (χ3v) is 3.11. The van der Waals surface area contributed by atoms with Crippen LogP contribution in [0.3, 0.4) is 0 Å². The van der Waals surface area contributed by atoms with Crippen molar-refractivity contribution in [3.63, 3.8) is 0 Å². The number of nitrogens with one attached hydrogen (secondary N) is 2. The fourth-order valence-corrected chi connectivity index (χ4v) is 1.93. The van der Waals surface area contributed by atoms with Crippen molar-refractivity contribution < 1.29 is 9.53 Å². The molecule has 0 aliphatic carbocycles. The van der Waals surface area contributed by atoms with E-state index in [0.29, 0.717) is 12.5 Å². The molecule has 0 spiro atoms. The molecule has 1 saturated heterocycles. The van der Waals surface area contributed by atoms with Crippen LogP contribution in [0.1, 0.15) is 33.1 Å². The first-order valence-corrected chi connectivity index (χ1v) is 6.73. The summed E-state index contributed by atoms with van der Waals surface area (Å²) in [5.74, 6) is 1.38. The molecule has 2 N–H and O–H groups in total. The lowest BCUT2D eigenvalue weighted by Crippen LogP contribution is -2.29. The minimum atomic E-state index is 0.00944. The zero-order chi connectivity index (χ0) is 12.5. The predicted molar refractivity (Wildman–Crippen MR) is 68.9 cm³/mol. The van der Waals surface area contributed by atoms with Gasteiger partial charge in [0.05, 0.1) is 0 Å². The van der Waals surface area contributed by atoms with Gasteiger partial charge in [0.1, 0.15) is 6.61 Å². The fraction of sp³-hybridized carbons (Fsp3) is 0.923. The van der Waals surface area contributed by atoms with Crippen LogP contribution in [0.5, 0.6) is 0 Å². The lowest BCUT2D eigenvalue weighted by atomic mass is 10.1. The summed E-state index contributed by atoms with van der Waals surface area (Å²) < 4.78 is 5.38. The van der Waals surface area contributed by atoms with Gasteiger partial charge in [-0.05, 0) is 44.2 Å². The predicted octanol–water partition coefficient (Wildman–Crippen LogP) is 1.16. The van der Waals surface area contributed by atoms with Gasteiger partial charge < -0.3 is 15.4 Å². The summed E-state index contributed by atoms with van der Waals surface area (Å²) in [6, 6.07) is 0. The summed E-state index contributed by atoms with van der Waals surface area (Å²) in [5, 5.41) is 6.19. The van der Waals surface area contributed by atoms with Crippen molar-refractivity contribution in [1.29, 1.82) is 0 Å². The molecular formula is C13H26N2O2. The van der Waals surface area contributed by atoms with E-state index in [1.165, 1.54) is 6.42 Å². The van der Waals surface area contributed by atoms with Crippen molar-refractivity contribution in [2.75, 3.05) is 32.8 Å². The van der Waals surface area contributed by atoms with E-state index in [-0.39, 0.29) is 12.5 Å². The highest BCUT2D eigenvalue weighted by Crippen LogP contribution is 2.11. The average molecular weight is 242 g/mol. The third kappa shape index (κ3) is 7.34. The van der Waals surface area contributed by atoms with E-state index in [2.05, 4.69) is 24.5 Å². The molecule has 0 saturated carbocycles. The van der Waals surface area contributed by atoms with Crippen molar-refractivity contribution in [2.24, 2.45) is 11.8 Å². The van der Waals surface area contributed by atoms with Crippen LogP contribution >= 0.6 is 0 Å². The quantitative estimate of drug-likeness (QED) is 0.628. The Morgan fingerprint density at radius 3 is 3.00 bits per heavy atom. The monoisotopic (exact) mass is 242 g/mol. The molecule has 1 aliphatic heterocycles. The second-order valence-corrected chi connectivity index (χ2v) is 5.23. The minimum absolute atomic E-state index is 0.00944. The van der Waals surface area contributed by atoms with Crippen LogP contribution in [-0.4, -0.2) is 38.8 Å². The molecule has 1 unspecified atom stereocenters. The zero-order valence-electron chi connectivity index (χ0n) is 11.1. The van der Waals surface area contributed by atoms with Crippen LogP contribution in [0.15, 0.2) is 0 Å². The molecule has 1 aliphatic rings. The molecule has 1 amide bonds. The summed E-state index contributed by atoms with van der Waals surface area (Å²) in [4.78, 5) is 11.4. The number of carbonyl (C=O) groups is 1. The highest BCUT2D eigenvalue weighted by molar-refractivity contribution is 5.77. The summed E-state index contributed by atoms with van der Waals surface area (Å²) in [7, 11) is 0. The van der Waals surface area contributed by atoms with E-state index in [1.54, 1.807) is 0 Å². The molecule has 100 valence electrons. The number of hydrogen-bond donors (Lipinski definition) is 2. The molecule has 0 aromatic rings. The molecule has 1 rings (SSSR count). The van der Waals surface area contributed by atoms with Gasteiger partial charge in [0, 0.05) is 13.2 Å². The van der Waals surface area contributed by atoms with Crippen molar-refractivity contribution in [3.8, 4) is 0 Å². The van der Waals surface area contributed by atoms with Crippen LogP contribution in [-0.2, 0) is 9.53 Å². The van der Waals surface area contributed by atoms with E-state index < -0.39 is 0 Å². The van der Waals surface area contributed by atoms with Gasteiger partial charge in [-0.2, -0.15) is 0 Å². The van der Waals surface area contributed by atoms with Gasteiger partial charge in [0.15, 0.2) is 0 Å². The van der Waals surface area contributed by atoms with E-state index in [0.717, 1.165) is 38.4 Å². The number of hydrogen-bond acceptors (Lipinski definition) is 3. The van der Waals surface area contributed by atoms with Gasteiger partial charge in [-0.15, -0.1) is 0 Å². The molecular weight excluding hydrogens is 216 g/mol. The maximum atomic E-state index is 11.4. The van der Waals surface area contributed by atoms with Crippen molar-refractivity contribution >= 4 is 5.91 Å². The molecule has 0 aromatic carbocycles. The van der Waals surface area contributed by atoms with Gasteiger partial charge in [0.2, 0.25) is 5.91 Å². The second-order valence-electron chi connectivity index (χ2n) is 5.23. The first kappa shape index (κ1) is 14.5. The van der Waals surface area contributed by atoms with E-state index in [4.69, 9.17) is 4.74 Å². The highest BCUT2D eigenvalue weighted by Gasteiger charge is 2.13. The Morgan fingerprint density at radius 2 is 2.35 bits per heavy atom. The van der Waals surface area contributed by atoms with Crippen LogP contribution in [0.4, 0.5) is 0 Å². The second kappa shape index (κ2) is 8.48. The molecule has 4 heteroatoms. The Labute approximate surface area is 104 Å². The number of amides is 1. The van der Waals surface area contributed by atoms with Crippen LogP contribution in [0, 0.1) is 11.8 Å². The Morgan fingerprint density at radius 1 is 1.53 bits per heavy atom. The van der Waals surface area contributed by atoms with Gasteiger partial charge in [-0.1, -0.05) is 13.8 Å². The lowest BCUT2D eigenvalue weighted by molar-refractivity contribution is -0.125. The lowest BCUT2D eigenvalue weighted by Gasteiger charge is -2.09. The van der Waals surface area contributed by atoms with Crippen LogP contribution < -0.4 is 10.6 Å². The fourth-order valence-electron chi connectivity index (χ4n) is 1.93. The smallest absolute Gasteiger partial charge is 0.245 e. The third-order valence-electron chi connectivity index (χ3n) is 3.11. The van der Waals surface area contributed by atoms with Gasteiger partial charge >= 0.3 is 0 Å². The largest absolute Gasteiger partial charge is 0.372 e. The van der Waals surface area contributed by atoms with Gasteiger partial charge in [-0.25, -0.2) is 0 Å². The summed E-state index contributed by atoms with van der Waals surface area (Å²) in [6.07, 6.45) is 3.33. The van der Waals surface area contributed by atoms with Crippen LogP contribution in [0.2, 0.25) is 0 Å². The van der Waals surface area contributed by atoms with Crippen molar-refractivity contribution in [3.05, 3.63) is 0 Å². The first-order chi connectivity index (χ1) is 8.18. The molecule has 1 atom stereocenters. The van der Waals surface area contributed by atoms with Crippen LogP contribution in [0.25, 0.3) is 0 Å². The Kier molecular flexibility index (Phi) is 7.21. The molecule has 0 radical (unpaired) electrons. The van der Waals surface area contributed by atoms with E-state index in [9.17, 15) is 4.79 Å². The Bertz CT molecular complexity index is 213. The van der Waals surface area contributed by atoms with E-state index in [1.807, 2.05) is 0 Å². The number of ether oxygens (including phenoxy) is 1. The Balaban J connectivity index is 1.89. The summed E-state index contributed by atoms with van der Waals surface area (Å²) in [6.45, 7) is 8.19. The highest BCUT2D eigenvalue weighted by atomic mass is 16.5. The molecule has 0 bridgehead atoms.